The minimum absolute atomic E-state index is 0. The fourth-order valence-electron chi connectivity index (χ4n) is 0.880. The minimum atomic E-state index is 0. The van der Waals surface area contributed by atoms with Gasteiger partial charge in [-0.15, -0.1) is 0 Å². The van der Waals surface area contributed by atoms with E-state index in [0.717, 1.165) is 0 Å². The SMILES string of the molecule is C1COCCOCCOCCO1.O. The molecule has 0 bridgehead atoms. The zero-order chi connectivity index (χ0) is 8.49. The van der Waals surface area contributed by atoms with Gasteiger partial charge >= 0.3 is 0 Å². The van der Waals surface area contributed by atoms with Crippen LogP contribution in [-0.2, 0) is 18.9 Å². The van der Waals surface area contributed by atoms with E-state index >= 15 is 0 Å². The molecule has 1 aliphatic rings. The minimum Gasteiger partial charge on any atom is -0.412 e. The highest BCUT2D eigenvalue weighted by molar-refractivity contribution is 4.37. The quantitative estimate of drug-likeness (QED) is 0.508. The lowest BCUT2D eigenvalue weighted by Crippen LogP contribution is -2.16. The Bertz CT molecular complexity index is 55.5. The fraction of sp³-hybridized carbons (Fsp3) is 1.00. The molecule has 2 N–H and O–H groups in total. The van der Waals surface area contributed by atoms with Crippen LogP contribution >= 0.6 is 0 Å². The van der Waals surface area contributed by atoms with Crippen LogP contribution in [0.3, 0.4) is 0 Å². The third-order valence-corrected chi connectivity index (χ3v) is 1.49. The summed E-state index contributed by atoms with van der Waals surface area (Å²) in [6, 6.07) is 0. The van der Waals surface area contributed by atoms with Crippen molar-refractivity contribution in [2.45, 2.75) is 0 Å². The molecule has 0 aromatic carbocycles. The van der Waals surface area contributed by atoms with Gasteiger partial charge in [0.15, 0.2) is 0 Å². The average Bonchev–Trinajstić information content (AvgIpc) is 2.05. The van der Waals surface area contributed by atoms with Crippen molar-refractivity contribution < 1.29 is 24.4 Å². The van der Waals surface area contributed by atoms with E-state index < -0.39 is 0 Å². The molecule has 0 radical (unpaired) electrons. The van der Waals surface area contributed by atoms with Crippen LogP contribution in [0.4, 0.5) is 0 Å². The van der Waals surface area contributed by atoms with Crippen molar-refractivity contribution in [2.24, 2.45) is 0 Å². The standard InChI is InChI=1S/C8H16O4.H2O/c1-2-10-5-6-12-8-7-11-4-3-9-1;/h1-8H2;1H2. The van der Waals surface area contributed by atoms with Crippen LogP contribution in [0, 0.1) is 0 Å². The average molecular weight is 194 g/mol. The normalized spacial score (nSPS) is 22.2. The van der Waals surface area contributed by atoms with E-state index in [9.17, 15) is 0 Å². The van der Waals surface area contributed by atoms with Gasteiger partial charge in [-0.3, -0.25) is 0 Å². The van der Waals surface area contributed by atoms with Crippen LogP contribution in [0.5, 0.6) is 0 Å². The lowest BCUT2D eigenvalue weighted by Gasteiger charge is -2.09. The lowest BCUT2D eigenvalue weighted by atomic mass is 10.6. The third kappa shape index (κ3) is 8.14. The largest absolute Gasteiger partial charge is 0.412 e. The Morgan fingerprint density at radius 3 is 0.692 bits per heavy atom. The van der Waals surface area contributed by atoms with Crippen molar-refractivity contribution in [3.8, 4) is 0 Å². The molecular weight excluding hydrogens is 176 g/mol. The van der Waals surface area contributed by atoms with Crippen LogP contribution in [0.1, 0.15) is 0 Å². The highest BCUT2D eigenvalue weighted by Crippen LogP contribution is 1.85. The Kier molecular flexibility index (Phi) is 9.73. The number of rotatable bonds is 0. The molecule has 1 heterocycles. The first-order chi connectivity index (χ1) is 6.00. The van der Waals surface area contributed by atoms with E-state index in [2.05, 4.69) is 0 Å². The van der Waals surface area contributed by atoms with E-state index in [4.69, 9.17) is 18.9 Å². The van der Waals surface area contributed by atoms with Crippen LogP contribution in [0.2, 0.25) is 0 Å². The maximum absolute atomic E-state index is 5.22. The summed E-state index contributed by atoms with van der Waals surface area (Å²) in [5.41, 5.74) is 0. The number of hydrogen-bond acceptors (Lipinski definition) is 4. The van der Waals surface area contributed by atoms with Crippen molar-refractivity contribution in [2.75, 3.05) is 52.9 Å². The molecule has 5 heteroatoms. The maximum atomic E-state index is 5.22. The molecule has 80 valence electrons. The maximum Gasteiger partial charge on any atom is 0.0701 e. The molecule has 0 aromatic heterocycles. The fourth-order valence-corrected chi connectivity index (χ4v) is 0.880. The number of ether oxygens (including phenoxy) is 4. The molecule has 1 rings (SSSR count). The molecular formula is C8H18O5. The molecule has 1 saturated heterocycles. The summed E-state index contributed by atoms with van der Waals surface area (Å²) in [6.07, 6.45) is 0. The molecule has 5 nitrogen and oxygen atoms in total. The zero-order valence-electron chi connectivity index (χ0n) is 7.79. The van der Waals surface area contributed by atoms with Crippen LogP contribution in [0.25, 0.3) is 0 Å². The highest BCUT2D eigenvalue weighted by Gasteiger charge is 1.94. The van der Waals surface area contributed by atoms with Crippen molar-refractivity contribution in [1.29, 1.82) is 0 Å². The van der Waals surface area contributed by atoms with Gasteiger partial charge in [0.2, 0.25) is 0 Å². The van der Waals surface area contributed by atoms with Gasteiger partial charge in [-0.2, -0.15) is 0 Å². The summed E-state index contributed by atoms with van der Waals surface area (Å²) in [5.74, 6) is 0. The second-order valence-electron chi connectivity index (χ2n) is 2.45. The Labute approximate surface area is 78.2 Å². The van der Waals surface area contributed by atoms with E-state index in [0.29, 0.717) is 52.9 Å². The molecule has 0 spiro atoms. The van der Waals surface area contributed by atoms with E-state index in [1.54, 1.807) is 0 Å². The first-order valence-corrected chi connectivity index (χ1v) is 4.31. The molecule has 0 aliphatic carbocycles. The first kappa shape index (κ1) is 12.8. The van der Waals surface area contributed by atoms with Crippen molar-refractivity contribution in [3.63, 3.8) is 0 Å². The molecule has 1 fully saturated rings. The van der Waals surface area contributed by atoms with Crippen LogP contribution in [0.15, 0.2) is 0 Å². The molecule has 0 saturated carbocycles. The van der Waals surface area contributed by atoms with Gasteiger partial charge in [-0.1, -0.05) is 0 Å². The second kappa shape index (κ2) is 9.88. The van der Waals surface area contributed by atoms with Gasteiger partial charge in [0, 0.05) is 0 Å². The summed E-state index contributed by atoms with van der Waals surface area (Å²) in [6.45, 7) is 5.14. The number of hydrogen-bond donors (Lipinski definition) is 0. The predicted molar refractivity (Wildman–Crippen MR) is 46.9 cm³/mol. The van der Waals surface area contributed by atoms with Crippen LogP contribution < -0.4 is 0 Å². The molecule has 0 amide bonds. The van der Waals surface area contributed by atoms with Crippen molar-refractivity contribution in [1.82, 2.24) is 0 Å². The molecule has 1 aliphatic heterocycles. The van der Waals surface area contributed by atoms with E-state index in [1.807, 2.05) is 0 Å². The Balaban J connectivity index is 0.00000144. The second-order valence-corrected chi connectivity index (χ2v) is 2.45. The summed E-state index contributed by atoms with van der Waals surface area (Å²) in [5, 5.41) is 0. The summed E-state index contributed by atoms with van der Waals surface area (Å²) in [4.78, 5) is 0. The Morgan fingerprint density at radius 2 is 0.538 bits per heavy atom. The Morgan fingerprint density at radius 1 is 0.385 bits per heavy atom. The van der Waals surface area contributed by atoms with E-state index in [-0.39, 0.29) is 5.48 Å². The molecule has 0 aromatic rings. The van der Waals surface area contributed by atoms with Gasteiger partial charge in [-0.25, -0.2) is 0 Å². The zero-order valence-corrected chi connectivity index (χ0v) is 7.79. The monoisotopic (exact) mass is 194 g/mol. The lowest BCUT2D eigenvalue weighted by molar-refractivity contribution is -0.0334. The van der Waals surface area contributed by atoms with E-state index in [1.165, 1.54) is 0 Å². The van der Waals surface area contributed by atoms with Gasteiger partial charge in [-0.05, 0) is 0 Å². The topological polar surface area (TPSA) is 68.4 Å². The third-order valence-electron chi connectivity index (χ3n) is 1.49. The first-order valence-electron chi connectivity index (χ1n) is 4.31. The molecule has 13 heavy (non-hydrogen) atoms. The highest BCUT2D eigenvalue weighted by atomic mass is 16.6. The van der Waals surface area contributed by atoms with Gasteiger partial charge in [0.05, 0.1) is 52.9 Å². The summed E-state index contributed by atoms with van der Waals surface area (Å²) in [7, 11) is 0. The van der Waals surface area contributed by atoms with Gasteiger partial charge in [0.1, 0.15) is 0 Å². The molecule has 0 atom stereocenters. The summed E-state index contributed by atoms with van der Waals surface area (Å²) >= 11 is 0. The van der Waals surface area contributed by atoms with Crippen molar-refractivity contribution >= 4 is 0 Å². The van der Waals surface area contributed by atoms with Crippen molar-refractivity contribution in [3.05, 3.63) is 0 Å². The smallest absolute Gasteiger partial charge is 0.0701 e. The van der Waals surface area contributed by atoms with Gasteiger partial charge < -0.3 is 24.4 Å². The Hall–Kier alpha value is -0.200. The molecule has 0 unspecified atom stereocenters. The summed E-state index contributed by atoms with van der Waals surface area (Å²) < 4.78 is 20.9. The van der Waals surface area contributed by atoms with Crippen LogP contribution in [-0.4, -0.2) is 58.3 Å². The predicted octanol–water partition coefficient (Wildman–Crippen LogP) is -0.758. The van der Waals surface area contributed by atoms with Gasteiger partial charge in [0.25, 0.3) is 0 Å².